The predicted octanol–water partition coefficient (Wildman–Crippen LogP) is 3.79. The Morgan fingerprint density at radius 1 is 0.833 bits per heavy atom. The molecule has 5 nitrogen and oxygen atoms in total. The molecular formula is C19H13N3O2. The Morgan fingerprint density at radius 2 is 1.46 bits per heavy atom. The number of rotatable bonds is 3. The van der Waals surface area contributed by atoms with Crippen molar-refractivity contribution in [3.05, 3.63) is 78.4 Å². The van der Waals surface area contributed by atoms with Gasteiger partial charge in [0.1, 0.15) is 11.0 Å². The van der Waals surface area contributed by atoms with Crippen molar-refractivity contribution in [1.82, 2.24) is 15.0 Å². The zero-order chi connectivity index (χ0) is 16.5. The van der Waals surface area contributed by atoms with Gasteiger partial charge in [-0.05, 0) is 41.5 Å². The minimum atomic E-state index is -0.959. The topological polar surface area (TPSA) is 68.0 Å². The fourth-order valence-corrected chi connectivity index (χ4v) is 2.67. The average Bonchev–Trinajstić information content (AvgIpc) is 3.06. The van der Waals surface area contributed by atoms with Gasteiger partial charge in [0.15, 0.2) is 0 Å². The third kappa shape index (κ3) is 2.42. The van der Waals surface area contributed by atoms with E-state index in [1.807, 2.05) is 54.6 Å². The molecule has 4 aromatic rings. The molecule has 0 unspecified atom stereocenters. The van der Waals surface area contributed by atoms with Gasteiger partial charge in [-0.2, -0.15) is 4.80 Å². The molecule has 1 heterocycles. The van der Waals surface area contributed by atoms with Gasteiger partial charge >= 0.3 is 5.97 Å². The molecule has 24 heavy (non-hydrogen) atoms. The molecule has 3 aromatic carbocycles. The number of hydrogen-bond donors (Lipinski definition) is 1. The average molecular weight is 315 g/mol. The monoisotopic (exact) mass is 315 g/mol. The molecule has 0 fully saturated rings. The van der Waals surface area contributed by atoms with Crippen LogP contribution in [0.25, 0.3) is 27.8 Å². The first kappa shape index (κ1) is 14.1. The molecule has 4 rings (SSSR count). The van der Waals surface area contributed by atoms with E-state index in [0.717, 1.165) is 22.3 Å². The highest BCUT2D eigenvalue weighted by Crippen LogP contribution is 2.26. The SMILES string of the molecule is O=C(O)c1ccc(-n2nc3ccccc3n2)cc1-c1ccccc1. The molecule has 1 aromatic heterocycles. The number of nitrogens with zero attached hydrogens (tertiary/aromatic N) is 3. The summed E-state index contributed by atoms with van der Waals surface area (Å²) in [6.07, 6.45) is 0. The Morgan fingerprint density at radius 3 is 2.08 bits per heavy atom. The van der Waals surface area contributed by atoms with Gasteiger partial charge < -0.3 is 5.11 Å². The highest BCUT2D eigenvalue weighted by molar-refractivity contribution is 5.96. The fraction of sp³-hybridized carbons (Fsp3) is 0. The third-order valence-electron chi connectivity index (χ3n) is 3.84. The minimum absolute atomic E-state index is 0.252. The van der Waals surface area contributed by atoms with Crippen molar-refractivity contribution >= 4 is 17.0 Å². The maximum atomic E-state index is 11.5. The summed E-state index contributed by atoms with van der Waals surface area (Å²) in [5.41, 5.74) is 4.04. The van der Waals surface area contributed by atoms with Gasteiger partial charge in [-0.15, -0.1) is 10.2 Å². The molecule has 0 bridgehead atoms. The van der Waals surface area contributed by atoms with Gasteiger partial charge in [0, 0.05) is 0 Å². The molecule has 0 spiro atoms. The Hall–Kier alpha value is -3.47. The van der Waals surface area contributed by atoms with E-state index < -0.39 is 5.97 Å². The summed E-state index contributed by atoms with van der Waals surface area (Å²) >= 11 is 0. The zero-order valence-electron chi connectivity index (χ0n) is 12.6. The van der Waals surface area contributed by atoms with Crippen molar-refractivity contribution in [3.63, 3.8) is 0 Å². The summed E-state index contributed by atoms with van der Waals surface area (Å²) < 4.78 is 0. The second-order valence-corrected chi connectivity index (χ2v) is 5.38. The first-order valence-electron chi connectivity index (χ1n) is 7.47. The van der Waals surface area contributed by atoms with Crippen LogP contribution in [-0.2, 0) is 0 Å². The van der Waals surface area contributed by atoms with E-state index in [1.54, 1.807) is 18.2 Å². The second-order valence-electron chi connectivity index (χ2n) is 5.38. The lowest BCUT2D eigenvalue weighted by atomic mass is 9.99. The summed E-state index contributed by atoms with van der Waals surface area (Å²) in [4.78, 5) is 13.1. The van der Waals surface area contributed by atoms with Crippen LogP contribution in [0, 0.1) is 0 Å². The van der Waals surface area contributed by atoms with Crippen molar-refractivity contribution in [3.8, 4) is 16.8 Å². The number of fused-ring (bicyclic) bond motifs is 1. The number of hydrogen-bond acceptors (Lipinski definition) is 3. The highest BCUT2D eigenvalue weighted by atomic mass is 16.4. The van der Waals surface area contributed by atoms with Crippen molar-refractivity contribution in [2.45, 2.75) is 0 Å². The zero-order valence-corrected chi connectivity index (χ0v) is 12.6. The molecule has 0 radical (unpaired) electrons. The Balaban J connectivity index is 1.90. The Kier molecular flexibility index (Phi) is 3.31. The molecule has 116 valence electrons. The molecule has 0 atom stereocenters. The first-order chi connectivity index (χ1) is 11.7. The quantitative estimate of drug-likeness (QED) is 0.624. The molecule has 0 aliphatic carbocycles. The van der Waals surface area contributed by atoms with Crippen LogP contribution in [0.4, 0.5) is 0 Å². The van der Waals surface area contributed by atoms with Gasteiger partial charge in [0.25, 0.3) is 0 Å². The number of carbonyl (C=O) groups is 1. The van der Waals surface area contributed by atoms with E-state index in [2.05, 4.69) is 10.2 Å². The van der Waals surface area contributed by atoms with Gasteiger partial charge in [-0.25, -0.2) is 4.79 Å². The van der Waals surface area contributed by atoms with Gasteiger partial charge in [-0.1, -0.05) is 42.5 Å². The lowest BCUT2D eigenvalue weighted by molar-refractivity contribution is 0.0697. The van der Waals surface area contributed by atoms with E-state index in [9.17, 15) is 9.90 Å². The summed E-state index contributed by atoms with van der Waals surface area (Å²) in [5.74, 6) is -0.959. The number of carboxylic acid groups (broad SMARTS) is 1. The molecule has 0 aliphatic heterocycles. The van der Waals surface area contributed by atoms with Crippen LogP contribution in [0.15, 0.2) is 72.8 Å². The molecule has 5 heteroatoms. The summed E-state index contributed by atoms with van der Waals surface area (Å²) in [6, 6.07) is 22.1. The number of aromatic carboxylic acids is 1. The number of aromatic nitrogens is 3. The first-order valence-corrected chi connectivity index (χ1v) is 7.47. The van der Waals surface area contributed by atoms with Gasteiger partial charge in [0.05, 0.1) is 11.3 Å². The van der Waals surface area contributed by atoms with Crippen molar-refractivity contribution in [2.24, 2.45) is 0 Å². The van der Waals surface area contributed by atoms with Gasteiger partial charge in [-0.3, -0.25) is 0 Å². The molecule has 0 aliphatic rings. The van der Waals surface area contributed by atoms with Crippen LogP contribution in [0.2, 0.25) is 0 Å². The van der Waals surface area contributed by atoms with E-state index in [-0.39, 0.29) is 5.56 Å². The van der Waals surface area contributed by atoms with Crippen molar-refractivity contribution < 1.29 is 9.90 Å². The standard InChI is InChI=1S/C19H13N3O2/c23-19(24)15-11-10-14(12-16(15)13-6-2-1-3-7-13)22-20-17-8-4-5-9-18(17)21-22/h1-12H,(H,23,24). The summed E-state index contributed by atoms with van der Waals surface area (Å²) in [6.45, 7) is 0. The molecule has 0 saturated heterocycles. The summed E-state index contributed by atoms with van der Waals surface area (Å²) in [5, 5.41) is 18.4. The normalized spacial score (nSPS) is 10.8. The van der Waals surface area contributed by atoms with Crippen LogP contribution in [0.3, 0.4) is 0 Å². The van der Waals surface area contributed by atoms with Crippen molar-refractivity contribution in [1.29, 1.82) is 0 Å². The maximum Gasteiger partial charge on any atom is 0.336 e. The fourth-order valence-electron chi connectivity index (χ4n) is 2.67. The minimum Gasteiger partial charge on any atom is -0.478 e. The van der Waals surface area contributed by atoms with Crippen LogP contribution >= 0.6 is 0 Å². The van der Waals surface area contributed by atoms with Crippen molar-refractivity contribution in [2.75, 3.05) is 0 Å². The smallest absolute Gasteiger partial charge is 0.336 e. The molecule has 1 N–H and O–H groups in total. The Labute approximate surface area is 137 Å². The van der Waals surface area contributed by atoms with E-state index in [4.69, 9.17) is 0 Å². The predicted molar refractivity (Wildman–Crippen MR) is 91.3 cm³/mol. The Bertz CT molecular complexity index is 1010. The van der Waals surface area contributed by atoms with Crippen LogP contribution in [0.5, 0.6) is 0 Å². The van der Waals surface area contributed by atoms with E-state index in [1.165, 1.54) is 4.80 Å². The maximum absolute atomic E-state index is 11.5. The molecule has 0 saturated carbocycles. The van der Waals surface area contributed by atoms with Gasteiger partial charge in [0.2, 0.25) is 0 Å². The van der Waals surface area contributed by atoms with Crippen LogP contribution in [-0.4, -0.2) is 26.1 Å². The molecule has 0 amide bonds. The van der Waals surface area contributed by atoms with E-state index >= 15 is 0 Å². The van der Waals surface area contributed by atoms with E-state index in [0.29, 0.717) is 5.56 Å². The lowest BCUT2D eigenvalue weighted by Gasteiger charge is -2.09. The van der Waals surface area contributed by atoms with Crippen LogP contribution in [0.1, 0.15) is 10.4 Å². The number of carboxylic acids is 1. The third-order valence-corrected chi connectivity index (χ3v) is 3.84. The molecular weight excluding hydrogens is 302 g/mol. The lowest BCUT2D eigenvalue weighted by Crippen LogP contribution is -2.04. The number of benzene rings is 3. The van der Waals surface area contributed by atoms with Crippen LogP contribution < -0.4 is 0 Å². The highest BCUT2D eigenvalue weighted by Gasteiger charge is 2.14. The second kappa shape index (κ2) is 5.62. The summed E-state index contributed by atoms with van der Waals surface area (Å²) in [7, 11) is 0. The largest absolute Gasteiger partial charge is 0.478 e.